The third-order valence-corrected chi connectivity index (χ3v) is 2.06. The lowest BCUT2D eigenvalue weighted by molar-refractivity contribution is 0.817. The third-order valence-electron chi connectivity index (χ3n) is 0.957. The summed E-state index contributed by atoms with van der Waals surface area (Å²) in [6, 6.07) is 0. The zero-order valence-corrected chi connectivity index (χ0v) is 7.50. The summed E-state index contributed by atoms with van der Waals surface area (Å²) < 4.78 is 0. The van der Waals surface area contributed by atoms with Crippen LogP contribution in [0, 0.1) is 12.3 Å². The van der Waals surface area contributed by atoms with Crippen LogP contribution in [-0.2, 0) is 0 Å². The van der Waals surface area contributed by atoms with Gasteiger partial charge in [-0.3, -0.25) is 0 Å². The topological polar surface area (TPSA) is 12.0 Å². The summed E-state index contributed by atoms with van der Waals surface area (Å²) in [5.41, 5.74) is 0. The molecule has 0 aromatic rings. The minimum Gasteiger partial charge on any atom is -0.305 e. The van der Waals surface area contributed by atoms with E-state index in [1.165, 1.54) is 0 Å². The molecule has 0 amide bonds. The van der Waals surface area contributed by atoms with Gasteiger partial charge in [-0.1, -0.05) is 19.8 Å². The monoisotopic (exact) mass is 157 g/mol. The van der Waals surface area contributed by atoms with E-state index in [-0.39, 0.29) is 0 Å². The first-order valence-electron chi connectivity index (χ1n) is 3.53. The molecule has 2 heteroatoms. The fourth-order valence-corrected chi connectivity index (χ4v) is 1.26. The van der Waals surface area contributed by atoms with Crippen molar-refractivity contribution in [3.63, 3.8) is 0 Å². The number of rotatable bonds is 5. The fourth-order valence-electron chi connectivity index (χ4n) is 0.527. The van der Waals surface area contributed by atoms with Gasteiger partial charge >= 0.3 is 0 Å². The quantitative estimate of drug-likeness (QED) is 0.477. The van der Waals surface area contributed by atoms with Crippen molar-refractivity contribution in [1.29, 1.82) is 0 Å². The lowest BCUT2D eigenvalue weighted by atomic mass is 10.6. The maximum atomic E-state index is 5.05. The maximum Gasteiger partial charge on any atom is 0.0574 e. The Hall–Kier alpha value is -0.130. The lowest BCUT2D eigenvalue weighted by Gasteiger charge is -2.03. The Morgan fingerprint density at radius 1 is 1.60 bits per heavy atom. The van der Waals surface area contributed by atoms with Crippen LogP contribution in [-0.4, -0.2) is 24.1 Å². The molecule has 1 N–H and O–H groups in total. The molecule has 0 fully saturated rings. The van der Waals surface area contributed by atoms with Crippen LogP contribution in [0.25, 0.3) is 0 Å². The molecule has 0 aliphatic heterocycles. The second-order valence-electron chi connectivity index (χ2n) is 2.30. The maximum absolute atomic E-state index is 5.05. The first-order valence-corrected chi connectivity index (χ1v) is 4.58. The number of hydrogen-bond acceptors (Lipinski definition) is 2. The van der Waals surface area contributed by atoms with Crippen molar-refractivity contribution in [2.24, 2.45) is 0 Å². The van der Waals surface area contributed by atoms with E-state index in [9.17, 15) is 0 Å². The third kappa shape index (κ3) is 7.87. The van der Waals surface area contributed by atoms with E-state index in [1.54, 1.807) is 0 Å². The van der Waals surface area contributed by atoms with Crippen molar-refractivity contribution in [2.75, 3.05) is 18.8 Å². The van der Waals surface area contributed by atoms with Crippen LogP contribution in [0.4, 0.5) is 0 Å². The Labute approximate surface area is 68.0 Å². The zero-order chi connectivity index (χ0) is 7.82. The number of terminal acetylenes is 1. The van der Waals surface area contributed by atoms with E-state index in [0.717, 1.165) is 17.5 Å². The highest BCUT2D eigenvalue weighted by molar-refractivity contribution is 7.99. The highest BCUT2D eigenvalue weighted by atomic mass is 32.2. The Bertz CT molecular complexity index is 104. The van der Waals surface area contributed by atoms with Gasteiger partial charge in [0.25, 0.3) is 0 Å². The molecule has 0 aliphatic rings. The molecule has 0 saturated heterocycles. The van der Waals surface area contributed by atoms with Crippen molar-refractivity contribution < 1.29 is 0 Å². The van der Waals surface area contributed by atoms with Crippen LogP contribution in [0.3, 0.4) is 0 Å². The molecule has 0 atom stereocenters. The Morgan fingerprint density at radius 2 is 2.30 bits per heavy atom. The van der Waals surface area contributed by atoms with Crippen LogP contribution in [0.1, 0.15) is 13.8 Å². The molecule has 0 bridgehead atoms. The second-order valence-corrected chi connectivity index (χ2v) is 3.98. The average molecular weight is 157 g/mol. The smallest absolute Gasteiger partial charge is 0.0574 e. The van der Waals surface area contributed by atoms with Gasteiger partial charge < -0.3 is 5.32 Å². The van der Waals surface area contributed by atoms with Gasteiger partial charge in [-0.15, -0.1) is 6.42 Å². The summed E-state index contributed by atoms with van der Waals surface area (Å²) in [7, 11) is 0. The molecule has 58 valence electrons. The van der Waals surface area contributed by atoms with Gasteiger partial charge in [0.2, 0.25) is 0 Å². The summed E-state index contributed by atoms with van der Waals surface area (Å²) >= 11 is 1.95. The highest BCUT2D eigenvalue weighted by Crippen LogP contribution is 2.06. The molecule has 0 aromatic carbocycles. The zero-order valence-electron chi connectivity index (χ0n) is 6.68. The Kier molecular flexibility index (Phi) is 6.89. The van der Waals surface area contributed by atoms with Crippen LogP contribution in [0.2, 0.25) is 0 Å². The van der Waals surface area contributed by atoms with Gasteiger partial charge in [-0.2, -0.15) is 11.8 Å². The molecule has 1 nitrogen and oxygen atoms in total. The SMILES string of the molecule is C#CCNCCSC(C)C. The van der Waals surface area contributed by atoms with Gasteiger partial charge in [-0.05, 0) is 5.25 Å². The largest absolute Gasteiger partial charge is 0.305 e. The second kappa shape index (κ2) is 6.98. The van der Waals surface area contributed by atoms with Crippen molar-refractivity contribution in [3.8, 4) is 12.3 Å². The Morgan fingerprint density at radius 3 is 2.80 bits per heavy atom. The first-order chi connectivity index (χ1) is 4.77. The van der Waals surface area contributed by atoms with E-state index < -0.39 is 0 Å². The fraction of sp³-hybridized carbons (Fsp3) is 0.750. The molecular formula is C8H15NS. The summed E-state index contributed by atoms with van der Waals surface area (Å²) in [6.45, 7) is 6.11. The number of hydrogen-bond donors (Lipinski definition) is 1. The molecule has 0 aliphatic carbocycles. The molecule has 0 heterocycles. The molecule has 10 heavy (non-hydrogen) atoms. The standard InChI is InChI=1S/C8H15NS/c1-4-5-9-6-7-10-8(2)3/h1,8-9H,5-7H2,2-3H3. The number of thioether (sulfide) groups is 1. The highest BCUT2D eigenvalue weighted by Gasteiger charge is 1.91. The normalized spacial score (nSPS) is 9.80. The minimum absolute atomic E-state index is 0.693. The van der Waals surface area contributed by atoms with Crippen LogP contribution < -0.4 is 5.32 Å². The summed E-state index contributed by atoms with van der Waals surface area (Å²) in [4.78, 5) is 0. The van der Waals surface area contributed by atoms with E-state index in [0.29, 0.717) is 6.54 Å². The van der Waals surface area contributed by atoms with E-state index >= 15 is 0 Å². The predicted molar refractivity (Wildman–Crippen MR) is 49.3 cm³/mol. The number of nitrogens with one attached hydrogen (secondary N) is 1. The summed E-state index contributed by atoms with van der Waals surface area (Å²) in [5, 5.41) is 3.86. The van der Waals surface area contributed by atoms with Gasteiger partial charge in [-0.25, -0.2) is 0 Å². The summed E-state index contributed by atoms with van der Waals surface area (Å²) in [6.07, 6.45) is 5.05. The molecule has 0 rings (SSSR count). The van der Waals surface area contributed by atoms with Crippen molar-refractivity contribution in [2.45, 2.75) is 19.1 Å². The molecule has 0 spiro atoms. The molecule has 0 radical (unpaired) electrons. The van der Waals surface area contributed by atoms with Crippen molar-refractivity contribution in [3.05, 3.63) is 0 Å². The minimum atomic E-state index is 0.693. The Balaban J connectivity index is 2.86. The molecule has 0 unspecified atom stereocenters. The van der Waals surface area contributed by atoms with Gasteiger partial charge in [0.15, 0.2) is 0 Å². The van der Waals surface area contributed by atoms with E-state index in [2.05, 4.69) is 25.1 Å². The molecule has 0 aromatic heterocycles. The van der Waals surface area contributed by atoms with E-state index in [1.807, 2.05) is 11.8 Å². The van der Waals surface area contributed by atoms with Gasteiger partial charge in [0.05, 0.1) is 6.54 Å². The predicted octanol–water partition coefficient (Wildman–Crippen LogP) is 1.35. The van der Waals surface area contributed by atoms with Crippen LogP contribution >= 0.6 is 11.8 Å². The van der Waals surface area contributed by atoms with Crippen molar-refractivity contribution in [1.82, 2.24) is 5.32 Å². The van der Waals surface area contributed by atoms with Gasteiger partial charge in [0, 0.05) is 12.3 Å². The van der Waals surface area contributed by atoms with Crippen molar-refractivity contribution >= 4 is 11.8 Å². The molecule has 0 saturated carbocycles. The van der Waals surface area contributed by atoms with Crippen LogP contribution in [0.5, 0.6) is 0 Å². The van der Waals surface area contributed by atoms with Gasteiger partial charge in [0.1, 0.15) is 0 Å². The van der Waals surface area contributed by atoms with Crippen LogP contribution in [0.15, 0.2) is 0 Å². The first kappa shape index (κ1) is 9.87. The van der Waals surface area contributed by atoms with E-state index in [4.69, 9.17) is 6.42 Å². The summed E-state index contributed by atoms with van der Waals surface area (Å²) in [5.74, 6) is 3.69. The lowest BCUT2D eigenvalue weighted by Crippen LogP contribution is -2.17. The average Bonchev–Trinajstić information content (AvgIpc) is 1.87. The molecular weight excluding hydrogens is 142 g/mol.